The topological polar surface area (TPSA) is 73.8 Å². The number of thiophene rings is 1. The van der Waals surface area contributed by atoms with Crippen LogP contribution < -0.4 is 4.90 Å². The molecule has 1 unspecified atom stereocenters. The second kappa shape index (κ2) is 8.36. The lowest BCUT2D eigenvalue weighted by Gasteiger charge is -2.33. The number of hydrogen-bond acceptors (Lipinski definition) is 7. The quantitative estimate of drug-likeness (QED) is 0.508. The summed E-state index contributed by atoms with van der Waals surface area (Å²) in [5, 5.41) is 10.8. The monoisotopic (exact) mass is 433 g/mol. The third-order valence-electron chi connectivity index (χ3n) is 5.70. The Kier molecular flexibility index (Phi) is 5.41. The molecule has 7 nitrogen and oxygen atoms in total. The van der Waals surface area contributed by atoms with E-state index in [2.05, 4.69) is 74.8 Å². The number of aryl methyl sites for hydroxylation is 1. The fraction of sp³-hybridized carbons (Fsp3) is 0.391. The summed E-state index contributed by atoms with van der Waals surface area (Å²) in [4.78, 5) is 20.2. The first-order valence-electron chi connectivity index (χ1n) is 10.7. The van der Waals surface area contributed by atoms with Crippen molar-refractivity contribution in [1.29, 1.82) is 0 Å². The van der Waals surface area contributed by atoms with Crippen LogP contribution in [-0.2, 0) is 6.54 Å². The van der Waals surface area contributed by atoms with Crippen LogP contribution in [-0.4, -0.2) is 57.2 Å². The number of fused-ring (bicyclic) bond motifs is 1. The maximum atomic E-state index is 5.09. The first-order chi connectivity index (χ1) is 15.1. The van der Waals surface area contributed by atoms with Gasteiger partial charge < -0.3 is 9.80 Å². The van der Waals surface area contributed by atoms with Crippen LogP contribution in [0.2, 0.25) is 0 Å². The highest BCUT2D eigenvalue weighted by atomic mass is 32.1. The summed E-state index contributed by atoms with van der Waals surface area (Å²) in [7, 11) is 4.11. The van der Waals surface area contributed by atoms with Crippen molar-refractivity contribution in [2.24, 2.45) is 0 Å². The molecule has 1 saturated heterocycles. The van der Waals surface area contributed by atoms with Gasteiger partial charge in [0.05, 0.1) is 11.9 Å². The summed E-state index contributed by atoms with van der Waals surface area (Å²) in [6.07, 6.45) is 2.19. The Morgan fingerprint density at radius 2 is 2.00 bits per heavy atom. The molecule has 0 spiro atoms. The normalized spacial score (nSPS) is 17.0. The van der Waals surface area contributed by atoms with Crippen molar-refractivity contribution in [3.05, 3.63) is 53.2 Å². The Hall–Kier alpha value is -2.84. The second-order valence-electron chi connectivity index (χ2n) is 8.46. The zero-order valence-corrected chi connectivity index (χ0v) is 19.0. The van der Waals surface area contributed by atoms with E-state index >= 15 is 0 Å². The third kappa shape index (κ3) is 4.05. The summed E-state index contributed by atoms with van der Waals surface area (Å²) in [6, 6.07) is 10.5. The molecule has 0 bridgehead atoms. The van der Waals surface area contributed by atoms with Crippen LogP contribution in [0.15, 0.2) is 35.7 Å². The molecule has 5 rings (SSSR count). The number of aromatic nitrogens is 5. The molecular formula is C23H27N7S. The molecule has 1 fully saturated rings. The smallest absolute Gasteiger partial charge is 0.155 e. The third-order valence-corrected chi connectivity index (χ3v) is 6.58. The number of piperidine rings is 1. The van der Waals surface area contributed by atoms with Crippen LogP contribution in [0.5, 0.6) is 0 Å². The van der Waals surface area contributed by atoms with Crippen molar-refractivity contribution < 1.29 is 0 Å². The molecule has 1 aliphatic heterocycles. The van der Waals surface area contributed by atoms with Crippen molar-refractivity contribution in [2.75, 3.05) is 32.1 Å². The van der Waals surface area contributed by atoms with Gasteiger partial charge in [-0.2, -0.15) is 5.10 Å². The van der Waals surface area contributed by atoms with Crippen LogP contribution in [0.3, 0.4) is 0 Å². The minimum Gasteiger partial charge on any atom is -0.355 e. The number of nitrogens with zero attached hydrogens (tertiary/aromatic N) is 6. The van der Waals surface area contributed by atoms with E-state index in [1.807, 2.05) is 6.92 Å². The molecule has 160 valence electrons. The minimum absolute atomic E-state index is 0.305. The largest absolute Gasteiger partial charge is 0.355 e. The van der Waals surface area contributed by atoms with Gasteiger partial charge in [0.15, 0.2) is 5.82 Å². The summed E-state index contributed by atoms with van der Waals surface area (Å²) >= 11 is 1.70. The molecule has 4 aromatic rings. The number of benzene rings is 1. The van der Waals surface area contributed by atoms with E-state index in [9.17, 15) is 0 Å². The predicted octanol–water partition coefficient (Wildman–Crippen LogP) is 4.23. The lowest BCUT2D eigenvalue weighted by atomic mass is 9.96. The first-order valence-corrected chi connectivity index (χ1v) is 11.6. The van der Waals surface area contributed by atoms with Crippen LogP contribution in [0.4, 0.5) is 5.82 Å². The Labute approximate surface area is 186 Å². The summed E-state index contributed by atoms with van der Waals surface area (Å²) in [6.45, 7) is 4.53. The molecule has 1 aliphatic rings. The lowest BCUT2D eigenvalue weighted by Crippen LogP contribution is -2.35. The average Bonchev–Trinajstić information content (AvgIpc) is 3.40. The van der Waals surface area contributed by atoms with Gasteiger partial charge in [-0.1, -0.05) is 30.3 Å². The Bertz CT molecular complexity index is 1180. The highest BCUT2D eigenvalue weighted by Crippen LogP contribution is 2.40. The van der Waals surface area contributed by atoms with Gasteiger partial charge in [0.1, 0.15) is 22.3 Å². The number of nitrogens with one attached hydrogen (secondary N) is 1. The van der Waals surface area contributed by atoms with Crippen molar-refractivity contribution in [2.45, 2.75) is 32.2 Å². The molecule has 1 N–H and O–H groups in total. The van der Waals surface area contributed by atoms with E-state index < -0.39 is 0 Å². The Morgan fingerprint density at radius 1 is 1.16 bits per heavy atom. The molecule has 0 aliphatic carbocycles. The average molecular weight is 434 g/mol. The predicted molar refractivity (Wildman–Crippen MR) is 126 cm³/mol. The summed E-state index contributed by atoms with van der Waals surface area (Å²) in [5.74, 6) is 3.99. The summed E-state index contributed by atoms with van der Waals surface area (Å²) in [5.41, 5.74) is 2.42. The van der Waals surface area contributed by atoms with E-state index in [4.69, 9.17) is 9.97 Å². The Morgan fingerprint density at radius 3 is 2.74 bits per heavy atom. The molecule has 31 heavy (non-hydrogen) atoms. The van der Waals surface area contributed by atoms with Gasteiger partial charge in [-0.25, -0.2) is 15.0 Å². The van der Waals surface area contributed by atoms with Gasteiger partial charge in [-0.3, -0.25) is 5.10 Å². The van der Waals surface area contributed by atoms with Gasteiger partial charge in [0.25, 0.3) is 0 Å². The maximum Gasteiger partial charge on any atom is 0.155 e. The summed E-state index contributed by atoms with van der Waals surface area (Å²) < 4.78 is 0. The number of H-pyrrole nitrogens is 1. The van der Waals surface area contributed by atoms with Gasteiger partial charge in [-0.05, 0) is 39.4 Å². The standard InChI is InChI=1S/C23H27N7S/c1-15-24-21(28-27-15)17-10-7-11-30(12-17)22-20-18(16-8-5-4-6-9-16)14-31-23(20)26-19(25-22)13-29(2)3/h4-6,8-9,14,17H,7,10-13H2,1-3H3,(H,24,27,28). The molecule has 3 aromatic heterocycles. The van der Waals surface area contributed by atoms with E-state index in [1.54, 1.807) is 11.3 Å². The van der Waals surface area contributed by atoms with Crippen molar-refractivity contribution in [1.82, 2.24) is 30.0 Å². The van der Waals surface area contributed by atoms with E-state index in [1.165, 1.54) is 11.1 Å². The number of anilines is 1. The van der Waals surface area contributed by atoms with Crippen molar-refractivity contribution in [3.63, 3.8) is 0 Å². The molecule has 8 heteroatoms. The SMILES string of the molecule is Cc1nc(C2CCCN(c3nc(CN(C)C)nc4scc(-c5ccccc5)c34)C2)n[nH]1. The van der Waals surface area contributed by atoms with Crippen molar-refractivity contribution >= 4 is 27.4 Å². The Balaban J connectivity index is 1.60. The number of hydrogen-bond donors (Lipinski definition) is 1. The van der Waals surface area contributed by atoms with E-state index in [0.717, 1.165) is 66.0 Å². The van der Waals surface area contributed by atoms with Gasteiger partial charge in [0, 0.05) is 30.0 Å². The maximum absolute atomic E-state index is 5.09. The molecule has 0 radical (unpaired) electrons. The highest BCUT2D eigenvalue weighted by molar-refractivity contribution is 7.17. The van der Waals surface area contributed by atoms with E-state index in [0.29, 0.717) is 5.92 Å². The zero-order chi connectivity index (χ0) is 21.4. The van der Waals surface area contributed by atoms with E-state index in [-0.39, 0.29) is 0 Å². The van der Waals surface area contributed by atoms with Crippen LogP contribution in [0.25, 0.3) is 21.3 Å². The molecular weight excluding hydrogens is 406 g/mol. The molecule has 0 amide bonds. The zero-order valence-electron chi connectivity index (χ0n) is 18.2. The molecule has 1 aromatic carbocycles. The molecule has 1 atom stereocenters. The highest BCUT2D eigenvalue weighted by Gasteiger charge is 2.28. The molecule has 4 heterocycles. The fourth-order valence-corrected chi connectivity index (χ4v) is 5.26. The first kappa shape index (κ1) is 20.1. The van der Waals surface area contributed by atoms with Gasteiger partial charge in [-0.15, -0.1) is 11.3 Å². The minimum atomic E-state index is 0.305. The number of rotatable bonds is 5. The fourth-order valence-electron chi connectivity index (χ4n) is 4.30. The van der Waals surface area contributed by atoms with Crippen LogP contribution in [0, 0.1) is 6.92 Å². The van der Waals surface area contributed by atoms with Crippen molar-refractivity contribution in [3.8, 4) is 11.1 Å². The second-order valence-corrected chi connectivity index (χ2v) is 9.32. The van der Waals surface area contributed by atoms with Gasteiger partial charge >= 0.3 is 0 Å². The molecule has 0 saturated carbocycles. The van der Waals surface area contributed by atoms with Crippen LogP contribution in [0.1, 0.15) is 36.2 Å². The van der Waals surface area contributed by atoms with Crippen LogP contribution >= 0.6 is 11.3 Å². The number of aromatic amines is 1. The van der Waals surface area contributed by atoms with Gasteiger partial charge in [0.2, 0.25) is 0 Å². The lowest BCUT2D eigenvalue weighted by molar-refractivity contribution is 0.390.